The van der Waals surface area contributed by atoms with E-state index in [9.17, 15) is 0 Å². The van der Waals surface area contributed by atoms with Crippen molar-refractivity contribution < 1.29 is 15.4 Å². The minimum atomic E-state index is -0.487. The zero-order valence-corrected chi connectivity index (χ0v) is 27.3. The Morgan fingerprint density at radius 2 is 1.22 bits per heavy atom. The van der Waals surface area contributed by atoms with Gasteiger partial charge >= 0.3 is 0 Å². The molecule has 0 saturated heterocycles. The summed E-state index contributed by atoms with van der Waals surface area (Å²) < 4.78 is 79.3. The van der Waals surface area contributed by atoms with Crippen molar-refractivity contribution in [2.75, 3.05) is 0 Å². The molecule has 0 atom stereocenters. The highest BCUT2D eigenvalue weighted by Gasteiger charge is 2.18. The van der Waals surface area contributed by atoms with Crippen molar-refractivity contribution in [1.82, 2.24) is 19.5 Å². The summed E-state index contributed by atoms with van der Waals surface area (Å²) in [5.41, 5.74) is 4.09. The van der Waals surface area contributed by atoms with Crippen LogP contribution >= 0.6 is 11.3 Å². The molecule has 0 spiro atoms. The number of hydrogen-bond donors (Lipinski definition) is 0. The Kier molecular flexibility index (Phi) is 4.60. The molecular formula is C45H26N4OS. The van der Waals surface area contributed by atoms with E-state index in [1.807, 2.05) is 78.9 Å². The van der Waals surface area contributed by atoms with Gasteiger partial charge in [0.15, 0.2) is 17.5 Å². The summed E-state index contributed by atoms with van der Waals surface area (Å²) in [6.45, 7) is 0. The molecule has 0 aliphatic rings. The standard InChI is InChI=1S/C45H26N4OS/c1-2-11-27(12-3-1)43-46-44(48-45(47-43)35-17-10-16-34-33-15-6-9-20-41(33)51-42(34)35)28-21-23-32-36-26-29(22-24-39(36)50-40(32)25-28)49-37-18-7-4-13-30(37)31-14-5-8-19-38(31)49/h1-26H/i4D,5D,7D,8D,13D,14D,18D,19D. The van der Waals surface area contributed by atoms with Gasteiger partial charge in [-0.15, -0.1) is 11.3 Å². The van der Waals surface area contributed by atoms with Crippen LogP contribution in [0.2, 0.25) is 0 Å². The van der Waals surface area contributed by atoms with Crippen molar-refractivity contribution in [1.29, 1.82) is 0 Å². The van der Waals surface area contributed by atoms with Gasteiger partial charge in [0.1, 0.15) is 11.2 Å². The molecule has 7 aromatic carbocycles. The Hall–Kier alpha value is -6.63. The van der Waals surface area contributed by atoms with Crippen molar-refractivity contribution in [2.24, 2.45) is 0 Å². The smallest absolute Gasteiger partial charge is 0.165 e. The second-order valence-electron chi connectivity index (χ2n) is 12.2. The second-order valence-corrected chi connectivity index (χ2v) is 13.3. The summed E-state index contributed by atoms with van der Waals surface area (Å²) in [6.07, 6.45) is 0. The van der Waals surface area contributed by atoms with Gasteiger partial charge in [0.05, 0.1) is 22.0 Å². The van der Waals surface area contributed by atoms with Crippen molar-refractivity contribution in [3.05, 3.63) is 158 Å². The van der Waals surface area contributed by atoms with Crippen LogP contribution < -0.4 is 0 Å². The lowest BCUT2D eigenvalue weighted by Crippen LogP contribution is -2.00. The van der Waals surface area contributed by atoms with Crippen LogP contribution in [0.1, 0.15) is 11.0 Å². The molecular weight excluding hydrogens is 645 g/mol. The molecule has 6 heteroatoms. The van der Waals surface area contributed by atoms with E-state index in [1.165, 1.54) is 14.7 Å². The van der Waals surface area contributed by atoms with Crippen LogP contribution in [0.25, 0.3) is 104 Å². The third-order valence-corrected chi connectivity index (χ3v) is 10.5. The van der Waals surface area contributed by atoms with E-state index in [2.05, 4.69) is 18.2 Å². The Morgan fingerprint density at radius 1 is 0.510 bits per heavy atom. The summed E-state index contributed by atoms with van der Waals surface area (Å²) in [4.78, 5) is 15.0. The highest BCUT2D eigenvalue weighted by atomic mass is 32.1. The third kappa shape index (κ3) is 4.37. The minimum absolute atomic E-state index is 0.0231. The number of hydrogen-bond acceptors (Lipinski definition) is 5. The van der Waals surface area contributed by atoms with Gasteiger partial charge in [-0.1, -0.05) is 103 Å². The lowest BCUT2D eigenvalue weighted by atomic mass is 10.1. The molecule has 0 aliphatic carbocycles. The maximum Gasteiger partial charge on any atom is 0.165 e. The third-order valence-electron chi connectivity index (χ3n) is 9.32. The van der Waals surface area contributed by atoms with Crippen LogP contribution in [0.15, 0.2) is 162 Å². The molecule has 51 heavy (non-hydrogen) atoms. The molecule has 0 aliphatic heterocycles. The van der Waals surface area contributed by atoms with Crippen molar-refractivity contribution in [2.45, 2.75) is 0 Å². The van der Waals surface area contributed by atoms with E-state index in [1.54, 1.807) is 23.5 Å². The van der Waals surface area contributed by atoms with Crippen LogP contribution in [-0.2, 0) is 0 Å². The van der Waals surface area contributed by atoms with Crippen LogP contribution in [0.4, 0.5) is 0 Å². The Bertz CT molecular complexity index is 3540. The Labute approximate surface area is 307 Å². The van der Waals surface area contributed by atoms with Gasteiger partial charge in [-0.25, -0.2) is 15.0 Å². The first kappa shape index (κ1) is 21.5. The topological polar surface area (TPSA) is 56.7 Å². The molecule has 0 unspecified atom stereocenters. The second kappa shape index (κ2) is 10.9. The zero-order chi connectivity index (χ0) is 40.4. The van der Waals surface area contributed by atoms with Crippen molar-refractivity contribution >= 4 is 75.3 Å². The summed E-state index contributed by atoms with van der Waals surface area (Å²) in [7, 11) is 0. The van der Waals surface area contributed by atoms with E-state index in [4.69, 9.17) is 30.3 Å². The molecule has 0 radical (unpaired) electrons. The fourth-order valence-corrected chi connectivity index (χ4v) is 8.20. The summed E-state index contributed by atoms with van der Waals surface area (Å²) >= 11 is 1.71. The highest BCUT2D eigenvalue weighted by Crippen LogP contribution is 2.40. The van der Waals surface area contributed by atoms with Crippen LogP contribution in [0, 0.1) is 0 Å². The summed E-state index contributed by atoms with van der Waals surface area (Å²) in [6, 6.07) is 31.9. The number of para-hydroxylation sites is 2. The number of nitrogens with zero attached hydrogens (tertiary/aromatic N) is 4. The van der Waals surface area contributed by atoms with E-state index in [-0.39, 0.29) is 46.0 Å². The summed E-state index contributed by atoms with van der Waals surface area (Å²) in [5.74, 6) is 1.53. The maximum atomic E-state index is 8.91. The lowest BCUT2D eigenvalue weighted by Gasteiger charge is -2.09. The zero-order valence-electron chi connectivity index (χ0n) is 34.5. The number of thiophene rings is 1. The molecule has 0 fully saturated rings. The number of fused-ring (bicyclic) bond motifs is 9. The normalized spacial score (nSPS) is 14.1. The maximum absolute atomic E-state index is 8.91. The molecule has 0 saturated carbocycles. The molecule has 238 valence electrons. The van der Waals surface area contributed by atoms with E-state index in [0.717, 1.165) is 26.6 Å². The van der Waals surface area contributed by atoms with Gasteiger partial charge in [0.2, 0.25) is 0 Å². The van der Waals surface area contributed by atoms with Crippen molar-refractivity contribution in [3.63, 3.8) is 0 Å². The average molecular weight is 679 g/mol. The van der Waals surface area contributed by atoms with Gasteiger partial charge < -0.3 is 8.98 Å². The minimum Gasteiger partial charge on any atom is -0.456 e. The molecule has 0 bridgehead atoms. The fraction of sp³-hybridized carbons (Fsp3) is 0. The first-order valence-corrected chi connectivity index (χ1v) is 17.1. The lowest BCUT2D eigenvalue weighted by molar-refractivity contribution is 0.669. The Balaban J connectivity index is 1.11. The number of aromatic nitrogens is 4. The quantitative estimate of drug-likeness (QED) is 0.186. The van der Waals surface area contributed by atoms with Crippen LogP contribution in [0.3, 0.4) is 0 Å². The van der Waals surface area contributed by atoms with Gasteiger partial charge in [-0.3, -0.25) is 0 Å². The number of furan rings is 1. The van der Waals surface area contributed by atoms with Gasteiger partial charge in [-0.2, -0.15) is 0 Å². The molecule has 5 nitrogen and oxygen atoms in total. The molecule has 11 rings (SSSR count). The first-order valence-electron chi connectivity index (χ1n) is 20.3. The SMILES string of the molecule is [2H]c1c([2H])c([2H])c2c(c1[2H])c1c([2H])c([2H])c([2H])c([2H])c1n2-c1ccc2oc3cc(-c4nc(-c5ccccc5)nc(-c5cccc6c5sc5ccccc56)n4)ccc3c2c1. The summed E-state index contributed by atoms with van der Waals surface area (Å²) in [5, 5.41) is 3.81. The van der Waals surface area contributed by atoms with Gasteiger partial charge in [0, 0.05) is 64.1 Å². The van der Waals surface area contributed by atoms with Gasteiger partial charge in [0.25, 0.3) is 0 Å². The van der Waals surface area contributed by atoms with Crippen LogP contribution in [0.5, 0.6) is 0 Å². The monoisotopic (exact) mass is 678 g/mol. The predicted octanol–water partition coefficient (Wildman–Crippen LogP) is 12.2. The largest absolute Gasteiger partial charge is 0.456 e. The number of benzene rings is 7. The van der Waals surface area contributed by atoms with E-state index < -0.39 is 24.2 Å². The molecule has 4 heterocycles. The fourth-order valence-electron chi connectivity index (χ4n) is 6.99. The van der Waals surface area contributed by atoms with Crippen molar-refractivity contribution in [3.8, 4) is 39.9 Å². The molecule has 4 aromatic heterocycles. The average Bonchev–Trinajstić information content (AvgIpc) is 3.96. The highest BCUT2D eigenvalue weighted by molar-refractivity contribution is 7.26. The Morgan fingerprint density at radius 3 is 2.04 bits per heavy atom. The number of rotatable bonds is 4. The first-order chi connectivity index (χ1) is 28.6. The van der Waals surface area contributed by atoms with Crippen LogP contribution in [-0.4, -0.2) is 19.5 Å². The molecule has 0 N–H and O–H groups in total. The predicted molar refractivity (Wildman–Crippen MR) is 211 cm³/mol. The molecule has 11 aromatic rings. The van der Waals surface area contributed by atoms with E-state index >= 15 is 0 Å². The van der Waals surface area contributed by atoms with E-state index in [0.29, 0.717) is 45.3 Å². The molecule has 0 amide bonds. The van der Waals surface area contributed by atoms with Gasteiger partial charge in [-0.05, 0) is 54.5 Å².